The molecule has 1 atom stereocenters. The maximum Gasteiger partial charge on any atom is 0.221 e. The Labute approximate surface area is 114 Å². The SMILES string of the molecule is Cc1cnc(N)nc1N1CCN([C@H]2CCNC2)CC1. The summed E-state index contributed by atoms with van der Waals surface area (Å²) in [6, 6.07) is 0.721. The minimum absolute atomic E-state index is 0.364. The average molecular weight is 262 g/mol. The van der Waals surface area contributed by atoms with Crippen LogP contribution < -0.4 is 16.0 Å². The fourth-order valence-corrected chi connectivity index (χ4v) is 3.02. The summed E-state index contributed by atoms with van der Waals surface area (Å²) in [7, 11) is 0. The molecule has 0 bridgehead atoms. The smallest absolute Gasteiger partial charge is 0.221 e. The van der Waals surface area contributed by atoms with Crippen molar-refractivity contribution in [3.05, 3.63) is 11.8 Å². The third kappa shape index (κ3) is 2.64. The molecule has 0 spiro atoms. The predicted molar refractivity (Wildman–Crippen MR) is 76.2 cm³/mol. The zero-order chi connectivity index (χ0) is 13.2. The molecule has 3 rings (SSSR count). The van der Waals surface area contributed by atoms with Gasteiger partial charge >= 0.3 is 0 Å². The van der Waals surface area contributed by atoms with E-state index in [-0.39, 0.29) is 0 Å². The highest BCUT2D eigenvalue weighted by atomic mass is 15.3. The number of nitrogen functional groups attached to an aromatic ring is 1. The van der Waals surface area contributed by atoms with Crippen molar-refractivity contribution < 1.29 is 0 Å². The molecule has 0 saturated carbocycles. The van der Waals surface area contributed by atoms with Crippen molar-refractivity contribution in [1.29, 1.82) is 0 Å². The van der Waals surface area contributed by atoms with Gasteiger partial charge in [0.15, 0.2) is 0 Å². The molecular weight excluding hydrogens is 240 g/mol. The summed E-state index contributed by atoms with van der Waals surface area (Å²) in [6.45, 7) is 8.60. The third-order valence-corrected chi connectivity index (χ3v) is 4.13. The average Bonchev–Trinajstić information content (AvgIpc) is 2.96. The molecule has 2 aliphatic heterocycles. The molecule has 6 heteroatoms. The maximum atomic E-state index is 5.69. The number of hydrogen-bond acceptors (Lipinski definition) is 6. The molecule has 6 nitrogen and oxygen atoms in total. The maximum absolute atomic E-state index is 5.69. The predicted octanol–water partition coefficient (Wildman–Crippen LogP) is -0.149. The van der Waals surface area contributed by atoms with Gasteiger partial charge in [-0.05, 0) is 19.9 Å². The van der Waals surface area contributed by atoms with Gasteiger partial charge in [-0.15, -0.1) is 0 Å². The molecular formula is C13H22N6. The van der Waals surface area contributed by atoms with Gasteiger partial charge < -0.3 is 16.0 Å². The molecule has 0 aliphatic carbocycles. The normalized spacial score (nSPS) is 24.9. The van der Waals surface area contributed by atoms with E-state index in [0.717, 1.165) is 56.7 Å². The first-order chi connectivity index (χ1) is 9.24. The number of nitrogens with two attached hydrogens (primary N) is 1. The lowest BCUT2D eigenvalue weighted by molar-refractivity contribution is 0.196. The topological polar surface area (TPSA) is 70.3 Å². The van der Waals surface area contributed by atoms with E-state index in [0.29, 0.717) is 5.95 Å². The highest BCUT2D eigenvalue weighted by Crippen LogP contribution is 2.20. The molecule has 2 saturated heterocycles. The van der Waals surface area contributed by atoms with E-state index in [2.05, 4.69) is 25.1 Å². The van der Waals surface area contributed by atoms with Crippen molar-refractivity contribution in [2.75, 3.05) is 49.9 Å². The van der Waals surface area contributed by atoms with Crippen molar-refractivity contribution in [1.82, 2.24) is 20.2 Å². The molecule has 0 amide bonds. The number of hydrogen-bond donors (Lipinski definition) is 2. The van der Waals surface area contributed by atoms with Gasteiger partial charge in [0.25, 0.3) is 0 Å². The summed E-state index contributed by atoms with van der Waals surface area (Å²) in [6.07, 6.45) is 3.09. The van der Waals surface area contributed by atoms with Crippen LogP contribution in [-0.2, 0) is 0 Å². The lowest BCUT2D eigenvalue weighted by Gasteiger charge is -2.38. The molecule has 3 heterocycles. The van der Waals surface area contributed by atoms with Crippen LogP contribution in [0.2, 0.25) is 0 Å². The summed E-state index contributed by atoms with van der Waals surface area (Å²) >= 11 is 0. The van der Waals surface area contributed by atoms with Gasteiger partial charge in [-0.2, -0.15) is 4.98 Å². The Morgan fingerprint density at radius 2 is 2.11 bits per heavy atom. The second kappa shape index (κ2) is 5.30. The van der Waals surface area contributed by atoms with Crippen LogP contribution in [0.4, 0.5) is 11.8 Å². The zero-order valence-corrected chi connectivity index (χ0v) is 11.5. The largest absolute Gasteiger partial charge is 0.368 e. The van der Waals surface area contributed by atoms with Crippen molar-refractivity contribution in [2.45, 2.75) is 19.4 Å². The summed E-state index contributed by atoms with van der Waals surface area (Å²) in [5.41, 5.74) is 6.80. The molecule has 2 fully saturated rings. The van der Waals surface area contributed by atoms with Gasteiger partial charge in [0.05, 0.1) is 0 Å². The first kappa shape index (κ1) is 12.6. The van der Waals surface area contributed by atoms with Crippen LogP contribution in [0.1, 0.15) is 12.0 Å². The summed E-state index contributed by atoms with van der Waals surface area (Å²) < 4.78 is 0. The van der Waals surface area contributed by atoms with Crippen molar-refractivity contribution in [3.8, 4) is 0 Å². The quantitative estimate of drug-likeness (QED) is 0.772. The Bertz CT molecular complexity index is 435. The number of nitrogens with zero attached hydrogens (tertiary/aromatic N) is 4. The van der Waals surface area contributed by atoms with Crippen LogP contribution in [-0.4, -0.2) is 60.2 Å². The third-order valence-electron chi connectivity index (χ3n) is 4.13. The van der Waals surface area contributed by atoms with Crippen LogP contribution in [0.3, 0.4) is 0 Å². The fraction of sp³-hybridized carbons (Fsp3) is 0.692. The first-order valence-corrected chi connectivity index (χ1v) is 7.03. The Balaban J connectivity index is 1.64. The van der Waals surface area contributed by atoms with E-state index in [1.54, 1.807) is 0 Å². The Kier molecular flexibility index (Phi) is 3.52. The van der Waals surface area contributed by atoms with Crippen LogP contribution >= 0.6 is 0 Å². The second-order valence-corrected chi connectivity index (χ2v) is 5.40. The number of aromatic nitrogens is 2. The van der Waals surface area contributed by atoms with Crippen LogP contribution in [0, 0.1) is 6.92 Å². The molecule has 1 aromatic rings. The van der Waals surface area contributed by atoms with Crippen molar-refractivity contribution in [3.63, 3.8) is 0 Å². The van der Waals surface area contributed by atoms with Gasteiger partial charge in [-0.3, -0.25) is 4.90 Å². The number of piperazine rings is 1. The fourth-order valence-electron chi connectivity index (χ4n) is 3.02. The highest BCUT2D eigenvalue weighted by molar-refractivity contribution is 5.48. The van der Waals surface area contributed by atoms with Crippen LogP contribution in [0.25, 0.3) is 0 Å². The van der Waals surface area contributed by atoms with Gasteiger partial charge in [0.1, 0.15) is 5.82 Å². The molecule has 0 unspecified atom stereocenters. The molecule has 3 N–H and O–H groups in total. The molecule has 0 radical (unpaired) electrons. The molecule has 1 aromatic heterocycles. The second-order valence-electron chi connectivity index (χ2n) is 5.40. The van der Waals surface area contributed by atoms with Crippen molar-refractivity contribution >= 4 is 11.8 Å². The van der Waals surface area contributed by atoms with Crippen LogP contribution in [0.15, 0.2) is 6.20 Å². The summed E-state index contributed by atoms with van der Waals surface area (Å²) in [4.78, 5) is 13.3. The van der Waals surface area contributed by atoms with Gasteiger partial charge in [0, 0.05) is 50.5 Å². The van der Waals surface area contributed by atoms with E-state index in [1.165, 1.54) is 6.42 Å². The minimum Gasteiger partial charge on any atom is -0.368 e. The standard InChI is InChI=1S/C13H22N6/c1-10-8-16-13(14)17-12(10)19-6-4-18(5-7-19)11-2-3-15-9-11/h8,11,15H,2-7,9H2,1H3,(H2,14,16,17)/t11-/m0/s1. The number of aryl methyl sites for hydroxylation is 1. The molecule has 0 aromatic carbocycles. The van der Waals surface area contributed by atoms with Crippen molar-refractivity contribution in [2.24, 2.45) is 0 Å². The van der Waals surface area contributed by atoms with E-state index < -0.39 is 0 Å². The molecule has 19 heavy (non-hydrogen) atoms. The summed E-state index contributed by atoms with van der Waals surface area (Å²) in [5, 5.41) is 3.44. The van der Waals surface area contributed by atoms with Gasteiger partial charge in [-0.1, -0.05) is 0 Å². The Hall–Kier alpha value is -1.40. The molecule has 2 aliphatic rings. The van der Waals surface area contributed by atoms with E-state index in [4.69, 9.17) is 5.73 Å². The lowest BCUT2D eigenvalue weighted by Crippen LogP contribution is -2.51. The zero-order valence-electron chi connectivity index (χ0n) is 11.5. The Morgan fingerprint density at radius 1 is 1.32 bits per heavy atom. The van der Waals surface area contributed by atoms with Gasteiger partial charge in [0.2, 0.25) is 5.95 Å². The first-order valence-electron chi connectivity index (χ1n) is 7.03. The monoisotopic (exact) mass is 262 g/mol. The Morgan fingerprint density at radius 3 is 2.79 bits per heavy atom. The van der Waals surface area contributed by atoms with Crippen LogP contribution in [0.5, 0.6) is 0 Å². The van der Waals surface area contributed by atoms with E-state index in [9.17, 15) is 0 Å². The summed E-state index contributed by atoms with van der Waals surface area (Å²) in [5.74, 6) is 1.36. The lowest BCUT2D eigenvalue weighted by atomic mass is 10.2. The number of rotatable bonds is 2. The molecule has 104 valence electrons. The van der Waals surface area contributed by atoms with Gasteiger partial charge in [-0.25, -0.2) is 4.98 Å². The number of anilines is 2. The minimum atomic E-state index is 0.364. The highest BCUT2D eigenvalue weighted by Gasteiger charge is 2.26. The van der Waals surface area contributed by atoms with E-state index in [1.807, 2.05) is 13.1 Å². The van der Waals surface area contributed by atoms with E-state index >= 15 is 0 Å². The number of nitrogens with one attached hydrogen (secondary N) is 1.